The van der Waals surface area contributed by atoms with Gasteiger partial charge in [0, 0.05) is 19.4 Å². The molecule has 0 fully saturated rings. The summed E-state index contributed by atoms with van der Waals surface area (Å²) in [7, 11) is 1.87. The first-order valence-corrected chi connectivity index (χ1v) is 7.99. The molecule has 0 saturated heterocycles. The zero-order valence-electron chi connectivity index (χ0n) is 11.2. The van der Waals surface area contributed by atoms with Gasteiger partial charge in [-0.25, -0.2) is 4.98 Å². The number of rotatable bonds is 4. The van der Waals surface area contributed by atoms with E-state index in [-0.39, 0.29) is 11.2 Å². The normalized spacial score (nSPS) is 12.2. The molecule has 2 rings (SSSR count). The zero-order chi connectivity index (χ0) is 15.6. The highest BCUT2D eigenvalue weighted by atomic mass is 35.5. The molecule has 1 unspecified atom stereocenters. The molecule has 0 aliphatic heterocycles. The average molecular weight is 365 g/mol. The van der Waals surface area contributed by atoms with Gasteiger partial charge in [-0.15, -0.1) is 0 Å². The Balaban J connectivity index is 2.07. The number of thioether (sulfide) groups is 1. The van der Waals surface area contributed by atoms with Crippen molar-refractivity contribution in [3.05, 3.63) is 39.6 Å². The van der Waals surface area contributed by atoms with Crippen LogP contribution in [0.25, 0.3) is 0 Å². The summed E-state index contributed by atoms with van der Waals surface area (Å²) in [4.78, 5) is 16.4. The van der Waals surface area contributed by atoms with E-state index in [1.165, 1.54) is 23.9 Å². The summed E-state index contributed by atoms with van der Waals surface area (Å²) in [6.45, 7) is 1.79. The lowest BCUT2D eigenvalue weighted by Crippen LogP contribution is -2.23. The van der Waals surface area contributed by atoms with Crippen LogP contribution < -0.4 is 5.32 Å². The highest BCUT2D eigenvalue weighted by molar-refractivity contribution is 8.00. The van der Waals surface area contributed by atoms with Crippen molar-refractivity contribution in [3.8, 4) is 0 Å². The summed E-state index contributed by atoms with van der Waals surface area (Å²) in [5.74, 6) is -0.191. The van der Waals surface area contributed by atoms with E-state index < -0.39 is 0 Å². The van der Waals surface area contributed by atoms with Crippen LogP contribution in [0.2, 0.25) is 15.1 Å². The van der Waals surface area contributed by atoms with Crippen molar-refractivity contribution in [2.75, 3.05) is 5.32 Å². The van der Waals surface area contributed by atoms with Crippen molar-refractivity contribution >= 4 is 58.2 Å². The van der Waals surface area contributed by atoms with Gasteiger partial charge < -0.3 is 9.88 Å². The number of imidazole rings is 1. The number of benzene rings is 1. The highest BCUT2D eigenvalue weighted by Gasteiger charge is 2.18. The van der Waals surface area contributed by atoms with Crippen molar-refractivity contribution in [3.63, 3.8) is 0 Å². The lowest BCUT2D eigenvalue weighted by atomic mass is 10.3. The van der Waals surface area contributed by atoms with Crippen LogP contribution in [0.1, 0.15) is 6.92 Å². The molecule has 1 aromatic heterocycles. The minimum atomic E-state index is -0.336. The summed E-state index contributed by atoms with van der Waals surface area (Å²) in [6.07, 6.45) is 3.51. The monoisotopic (exact) mass is 363 g/mol. The van der Waals surface area contributed by atoms with Gasteiger partial charge >= 0.3 is 0 Å². The van der Waals surface area contributed by atoms with Crippen LogP contribution in [-0.4, -0.2) is 20.7 Å². The molecule has 2 aromatic rings. The molecule has 1 amide bonds. The second kappa shape index (κ2) is 6.92. The Kier molecular flexibility index (Phi) is 5.43. The van der Waals surface area contributed by atoms with Gasteiger partial charge in [0.1, 0.15) is 0 Å². The lowest BCUT2D eigenvalue weighted by molar-refractivity contribution is -0.115. The number of nitrogens with zero attached hydrogens (tertiary/aromatic N) is 2. The van der Waals surface area contributed by atoms with Crippen molar-refractivity contribution < 1.29 is 4.79 Å². The minimum Gasteiger partial charge on any atom is -0.329 e. The first-order chi connectivity index (χ1) is 9.88. The fourth-order valence-electron chi connectivity index (χ4n) is 1.53. The van der Waals surface area contributed by atoms with E-state index in [1.807, 2.05) is 17.8 Å². The number of nitrogens with one attached hydrogen (secondary N) is 1. The number of aryl methyl sites for hydroxylation is 1. The molecule has 0 aliphatic rings. The summed E-state index contributed by atoms with van der Waals surface area (Å²) in [5.41, 5.74) is 0.434. The molecule has 1 N–H and O–H groups in total. The number of hydrogen-bond donors (Lipinski definition) is 1. The van der Waals surface area contributed by atoms with Crippen molar-refractivity contribution in [1.82, 2.24) is 9.55 Å². The molecule has 1 aromatic carbocycles. The molecular formula is C13H12Cl3N3OS. The van der Waals surface area contributed by atoms with Crippen LogP contribution in [0, 0.1) is 0 Å². The van der Waals surface area contributed by atoms with Crippen molar-refractivity contribution in [2.45, 2.75) is 17.3 Å². The Morgan fingerprint density at radius 1 is 1.29 bits per heavy atom. The zero-order valence-corrected chi connectivity index (χ0v) is 14.3. The van der Waals surface area contributed by atoms with E-state index in [9.17, 15) is 4.79 Å². The van der Waals surface area contributed by atoms with E-state index in [2.05, 4.69) is 10.3 Å². The SMILES string of the molecule is CC(Sc1nccn1C)C(=O)Nc1cc(Cl)c(Cl)cc1Cl. The third-order valence-electron chi connectivity index (χ3n) is 2.70. The molecule has 21 heavy (non-hydrogen) atoms. The second-order valence-electron chi connectivity index (χ2n) is 4.32. The van der Waals surface area contributed by atoms with Gasteiger partial charge in [0.05, 0.1) is 26.0 Å². The third-order valence-corrected chi connectivity index (χ3v) is 4.90. The van der Waals surface area contributed by atoms with Crippen LogP contribution in [-0.2, 0) is 11.8 Å². The average Bonchev–Trinajstić information content (AvgIpc) is 2.81. The topological polar surface area (TPSA) is 46.9 Å². The standard InChI is InChI=1S/C13H12Cl3N3OS/c1-7(21-13-17-3-4-19(13)2)12(20)18-11-6-9(15)8(14)5-10(11)16/h3-7H,1-2H3,(H,18,20). The second-order valence-corrected chi connectivity index (χ2v) is 6.85. The van der Waals surface area contributed by atoms with E-state index >= 15 is 0 Å². The van der Waals surface area contributed by atoms with Crippen LogP contribution in [0.5, 0.6) is 0 Å². The fraction of sp³-hybridized carbons (Fsp3) is 0.231. The molecule has 0 saturated carbocycles. The van der Waals surface area contributed by atoms with Gasteiger partial charge in [0.25, 0.3) is 0 Å². The third kappa shape index (κ3) is 4.07. The van der Waals surface area contributed by atoms with Gasteiger partial charge in [-0.1, -0.05) is 46.6 Å². The van der Waals surface area contributed by atoms with Gasteiger partial charge in [-0.3, -0.25) is 4.79 Å². The number of amides is 1. The predicted octanol–water partition coefficient (Wildman–Crippen LogP) is 4.50. The quantitative estimate of drug-likeness (QED) is 0.642. The molecule has 0 radical (unpaired) electrons. The maximum Gasteiger partial charge on any atom is 0.237 e. The molecule has 4 nitrogen and oxygen atoms in total. The van der Waals surface area contributed by atoms with Gasteiger partial charge in [-0.05, 0) is 19.1 Å². The maximum absolute atomic E-state index is 12.2. The number of halogens is 3. The van der Waals surface area contributed by atoms with Gasteiger partial charge in [-0.2, -0.15) is 0 Å². The Hall–Kier alpha value is -0.880. The van der Waals surface area contributed by atoms with Crippen LogP contribution >= 0.6 is 46.6 Å². The number of aromatic nitrogens is 2. The fourth-order valence-corrected chi connectivity index (χ4v) is 2.95. The Labute approximate surface area is 141 Å². The summed E-state index contributed by atoms with van der Waals surface area (Å²) < 4.78 is 1.85. The van der Waals surface area contributed by atoms with Crippen LogP contribution in [0.3, 0.4) is 0 Å². The molecule has 1 heterocycles. The Morgan fingerprint density at radius 2 is 1.95 bits per heavy atom. The molecule has 1 atom stereocenters. The largest absolute Gasteiger partial charge is 0.329 e. The molecule has 8 heteroatoms. The van der Waals surface area contributed by atoms with Crippen molar-refractivity contribution in [2.24, 2.45) is 7.05 Å². The van der Waals surface area contributed by atoms with E-state index in [0.29, 0.717) is 20.8 Å². The van der Waals surface area contributed by atoms with Gasteiger partial charge in [0.15, 0.2) is 5.16 Å². The molecule has 0 spiro atoms. The molecular weight excluding hydrogens is 353 g/mol. The number of hydrogen-bond acceptors (Lipinski definition) is 3. The Morgan fingerprint density at radius 3 is 2.57 bits per heavy atom. The molecule has 0 bridgehead atoms. The first-order valence-electron chi connectivity index (χ1n) is 5.98. The van der Waals surface area contributed by atoms with Crippen LogP contribution in [0.15, 0.2) is 29.7 Å². The van der Waals surface area contributed by atoms with E-state index in [4.69, 9.17) is 34.8 Å². The summed E-state index contributed by atoms with van der Waals surface area (Å²) in [5, 5.41) is 4.18. The predicted molar refractivity (Wildman–Crippen MR) is 88.6 cm³/mol. The van der Waals surface area contributed by atoms with E-state index in [0.717, 1.165) is 5.16 Å². The lowest BCUT2D eigenvalue weighted by Gasteiger charge is -2.13. The minimum absolute atomic E-state index is 0.191. The maximum atomic E-state index is 12.2. The molecule has 0 aliphatic carbocycles. The summed E-state index contributed by atoms with van der Waals surface area (Å²) in [6, 6.07) is 3.03. The summed E-state index contributed by atoms with van der Waals surface area (Å²) >= 11 is 19.2. The smallest absolute Gasteiger partial charge is 0.237 e. The Bertz CT molecular complexity index is 675. The number of anilines is 1. The van der Waals surface area contributed by atoms with Crippen molar-refractivity contribution in [1.29, 1.82) is 0 Å². The first kappa shape index (κ1) is 16.5. The number of carbonyl (C=O) groups excluding carboxylic acids is 1. The molecule has 112 valence electrons. The number of carbonyl (C=O) groups is 1. The van der Waals surface area contributed by atoms with Crippen LogP contribution in [0.4, 0.5) is 5.69 Å². The van der Waals surface area contributed by atoms with E-state index in [1.54, 1.807) is 13.1 Å². The van der Waals surface area contributed by atoms with Gasteiger partial charge in [0.2, 0.25) is 5.91 Å². The highest BCUT2D eigenvalue weighted by Crippen LogP contribution is 2.32.